The second-order valence-electron chi connectivity index (χ2n) is 7.35. The average Bonchev–Trinajstić information content (AvgIpc) is 3.02. The Kier molecular flexibility index (Phi) is 5.15. The molecule has 2 aromatic rings. The third kappa shape index (κ3) is 3.87. The Labute approximate surface area is 154 Å². The van der Waals surface area contributed by atoms with E-state index in [0.717, 1.165) is 44.6 Å². The summed E-state index contributed by atoms with van der Waals surface area (Å²) in [6.07, 6.45) is 5.38. The highest BCUT2D eigenvalue weighted by Crippen LogP contribution is 2.27. The predicted octanol–water partition coefficient (Wildman–Crippen LogP) is 1.35. The molecule has 138 valence electrons. The van der Waals surface area contributed by atoms with Gasteiger partial charge in [-0.05, 0) is 18.4 Å². The van der Waals surface area contributed by atoms with Crippen LogP contribution >= 0.6 is 0 Å². The molecule has 3 heterocycles. The summed E-state index contributed by atoms with van der Waals surface area (Å²) in [4.78, 5) is 13.5. The molecule has 4 rings (SSSR count). The number of aromatic nitrogens is 2. The molecule has 0 aliphatic carbocycles. The van der Waals surface area contributed by atoms with Gasteiger partial charge in [0.1, 0.15) is 0 Å². The van der Waals surface area contributed by atoms with Crippen molar-refractivity contribution in [2.24, 2.45) is 0 Å². The maximum absolute atomic E-state index is 10.1. The minimum absolute atomic E-state index is 0.193. The molecule has 3 atom stereocenters. The van der Waals surface area contributed by atoms with E-state index in [1.165, 1.54) is 5.56 Å². The van der Waals surface area contributed by atoms with Gasteiger partial charge >= 0.3 is 6.01 Å². The molecule has 6 nitrogen and oxygen atoms in total. The van der Waals surface area contributed by atoms with Crippen molar-refractivity contribution in [2.45, 2.75) is 37.6 Å². The van der Waals surface area contributed by atoms with Crippen molar-refractivity contribution in [1.29, 1.82) is 0 Å². The minimum Gasteiger partial charge on any atom is -0.467 e. The summed E-state index contributed by atoms with van der Waals surface area (Å²) in [7, 11) is 1.58. The second-order valence-corrected chi connectivity index (χ2v) is 7.35. The normalized spacial score (nSPS) is 26.6. The molecule has 0 bridgehead atoms. The molecule has 26 heavy (non-hydrogen) atoms. The van der Waals surface area contributed by atoms with E-state index in [9.17, 15) is 5.11 Å². The minimum atomic E-state index is -0.193. The van der Waals surface area contributed by atoms with Gasteiger partial charge in [-0.25, -0.2) is 9.97 Å². The van der Waals surface area contributed by atoms with Crippen LogP contribution in [0.15, 0.2) is 42.7 Å². The van der Waals surface area contributed by atoms with Gasteiger partial charge in [0.15, 0.2) is 0 Å². The van der Waals surface area contributed by atoms with Crippen molar-refractivity contribution in [3.8, 4) is 6.01 Å². The highest BCUT2D eigenvalue weighted by molar-refractivity contribution is 5.17. The Morgan fingerprint density at radius 2 is 1.85 bits per heavy atom. The van der Waals surface area contributed by atoms with E-state index in [2.05, 4.69) is 50.1 Å². The van der Waals surface area contributed by atoms with Gasteiger partial charge < -0.3 is 9.84 Å². The molecule has 0 spiro atoms. The highest BCUT2D eigenvalue weighted by Gasteiger charge is 2.39. The molecular weight excluding hydrogens is 328 g/mol. The van der Waals surface area contributed by atoms with Crippen LogP contribution in [0.1, 0.15) is 17.5 Å². The molecule has 1 aromatic carbocycles. The Balaban J connectivity index is 1.51. The number of methoxy groups -OCH3 is 1. The molecule has 2 saturated heterocycles. The van der Waals surface area contributed by atoms with Crippen molar-refractivity contribution >= 4 is 0 Å². The van der Waals surface area contributed by atoms with E-state index in [1.807, 2.05) is 12.4 Å². The van der Waals surface area contributed by atoms with Crippen LogP contribution in [0.3, 0.4) is 0 Å². The van der Waals surface area contributed by atoms with Gasteiger partial charge in [-0.3, -0.25) is 9.80 Å². The van der Waals surface area contributed by atoms with Crippen LogP contribution < -0.4 is 4.74 Å². The number of rotatable bonds is 5. The lowest BCUT2D eigenvalue weighted by molar-refractivity contribution is 0.0443. The summed E-state index contributed by atoms with van der Waals surface area (Å²) in [6, 6.07) is 11.9. The number of aliphatic hydroxyl groups is 1. The largest absolute Gasteiger partial charge is 0.467 e. The Morgan fingerprint density at radius 3 is 2.58 bits per heavy atom. The number of nitrogens with zero attached hydrogens (tertiary/aromatic N) is 4. The summed E-state index contributed by atoms with van der Waals surface area (Å²) in [6.45, 7) is 3.59. The topological polar surface area (TPSA) is 61.7 Å². The third-order valence-corrected chi connectivity index (χ3v) is 5.48. The predicted molar refractivity (Wildman–Crippen MR) is 98.9 cm³/mol. The van der Waals surface area contributed by atoms with Gasteiger partial charge in [-0.1, -0.05) is 30.3 Å². The molecule has 0 unspecified atom stereocenters. The lowest BCUT2D eigenvalue weighted by Gasteiger charge is -2.43. The highest BCUT2D eigenvalue weighted by atomic mass is 16.5. The zero-order chi connectivity index (χ0) is 17.9. The van der Waals surface area contributed by atoms with Crippen LogP contribution in [0, 0.1) is 0 Å². The summed E-state index contributed by atoms with van der Waals surface area (Å²) in [5.74, 6) is 0. The van der Waals surface area contributed by atoms with Gasteiger partial charge in [0.05, 0.1) is 13.2 Å². The Bertz CT molecular complexity index is 710. The van der Waals surface area contributed by atoms with Crippen LogP contribution in [-0.2, 0) is 13.0 Å². The summed E-state index contributed by atoms with van der Waals surface area (Å²) < 4.78 is 5.06. The van der Waals surface area contributed by atoms with E-state index in [-0.39, 0.29) is 6.10 Å². The SMILES string of the molecule is COc1ncc(CN2C[C@@H]3C[C@@H](O)CN3C[C@@H]2Cc2ccccc2)cn1. The number of aliphatic hydroxyl groups excluding tert-OH is 1. The first-order valence-corrected chi connectivity index (χ1v) is 9.26. The molecule has 1 N–H and O–H groups in total. The summed E-state index contributed by atoms with van der Waals surface area (Å²) >= 11 is 0. The van der Waals surface area contributed by atoms with Crippen LogP contribution in [0.25, 0.3) is 0 Å². The van der Waals surface area contributed by atoms with Gasteiger partial charge in [0.2, 0.25) is 0 Å². The number of ether oxygens (including phenoxy) is 1. The molecule has 1 aromatic heterocycles. The van der Waals surface area contributed by atoms with Gasteiger partial charge in [0, 0.05) is 56.2 Å². The standard InChI is InChI=1S/C20H26N4O2/c1-26-20-21-9-16(10-22-20)11-23-13-18-8-19(25)14-24(18)12-17(23)7-15-5-3-2-4-6-15/h2-6,9-10,17-19,25H,7-8,11-14H2,1H3/t17-,18-,19+/m0/s1. The first-order chi connectivity index (χ1) is 12.7. The first kappa shape index (κ1) is 17.4. The van der Waals surface area contributed by atoms with Crippen LogP contribution in [0.4, 0.5) is 0 Å². The number of benzene rings is 1. The molecular formula is C20H26N4O2. The zero-order valence-corrected chi connectivity index (χ0v) is 15.2. The quantitative estimate of drug-likeness (QED) is 0.875. The van der Waals surface area contributed by atoms with Crippen LogP contribution in [0.2, 0.25) is 0 Å². The number of hydrogen-bond acceptors (Lipinski definition) is 6. The fraction of sp³-hybridized carbons (Fsp3) is 0.500. The van der Waals surface area contributed by atoms with E-state index < -0.39 is 0 Å². The van der Waals surface area contributed by atoms with Crippen molar-refractivity contribution in [2.75, 3.05) is 26.7 Å². The monoisotopic (exact) mass is 354 g/mol. The molecule has 0 amide bonds. The molecule has 2 aliphatic rings. The van der Waals surface area contributed by atoms with Gasteiger partial charge in [-0.15, -0.1) is 0 Å². The van der Waals surface area contributed by atoms with E-state index >= 15 is 0 Å². The smallest absolute Gasteiger partial charge is 0.316 e. The lowest BCUT2D eigenvalue weighted by Crippen LogP contribution is -2.56. The van der Waals surface area contributed by atoms with Crippen LogP contribution in [0.5, 0.6) is 6.01 Å². The Morgan fingerprint density at radius 1 is 1.08 bits per heavy atom. The number of hydrogen-bond donors (Lipinski definition) is 1. The maximum atomic E-state index is 10.1. The fourth-order valence-corrected chi connectivity index (χ4v) is 4.21. The van der Waals surface area contributed by atoms with Gasteiger partial charge in [0.25, 0.3) is 0 Å². The van der Waals surface area contributed by atoms with Crippen molar-refractivity contribution in [3.05, 3.63) is 53.9 Å². The molecule has 0 saturated carbocycles. The first-order valence-electron chi connectivity index (χ1n) is 9.26. The molecule has 2 aliphatic heterocycles. The molecule has 0 radical (unpaired) electrons. The summed E-state index contributed by atoms with van der Waals surface area (Å²) in [5.41, 5.74) is 2.45. The lowest BCUT2D eigenvalue weighted by atomic mass is 9.99. The second kappa shape index (κ2) is 7.70. The average molecular weight is 354 g/mol. The van der Waals surface area contributed by atoms with E-state index in [1.54, 1.807) is 7.11 Å². The van der Waals surface area contributed by atoms with Gasteiger partial charge in [-0.2, -0.15) is 0 Å². The number of piperazine rings is 1. The van der Waals surface area contributed by atoms with E-state index in [0.29, 0.717) is 18.1 Å². The summed E-state index contributed by atoms with van der Waals surface area (Å²) in [5, 5.41) is 10.1. The third-order valence-electron chi connectivity index (χ3n) is 5.48. The fourth-order valence-electron chi connectivity index (χ4n) is 4.21. The van der Waals surface area contributed by atoms with Crippen molar-refractivity contribution < 1.29 is 9.84 Å². The maximum Gasteiger partial charge on any atom is 0.316 e. The molecule has 2 fully saturated rings. The van der Waals surface area contributed by atoms with Crippen molar-refractivity contribution in [3.63, 3.8) is 0 Å². The van der Waals surface area contributed by atoms with Crippen molar-refractivity contribution in [1.82, 2.24) is 19.8 Å². The van der Waals surface area contributed by atoms with E-state index in [4.69, 9.17) is 4.74 Å². The number of fused-ring (bicyclic) bond motifs is 1. The molecule has 6 heteroatoms. The zero-order valence-electron chi connectivity index (χ0n) is 15.2. The Hall–Kier alpha value is -2.02. The van der Waals surface area contributed by atoms with Crippen LogP contribution in [-0.4, -0.2) is 69.8 Å².